The van der Waals surface area contributed by atoms with Gasteiger partial charge in [-0.05, 0) is 33.7 Å². The van der Waals surface area contributed by atoms with E-state index >= 15 is 0 Å². The zero-order valence-electron chi connectivity index (χ0n) is 11.6. The smallest absolute Gasteiger partial charge is 0.115 e. The van der Waals surface area contributed by atoms with Gasteiger partial charge in [-0.25, -0.2) is 0 Å². The van der Waals surface area contributed by atoms with Gasteiger partial charge in [0, 0.05) is 0 Å². The molecule has 0 aliphatic heterocycles. The van der Waals surface area contributed by atoms with Crippen LogP contribution in [0.15, 0.2) is 91.0 Å². The summed E-state index contributed by atoms with van der Waals surface area (Å²) in [4.78, 5) is 0. The van der Waals surface area contributed by atoms with Crippen LogP contribution in [-0.4, -0.2) is 5.11 Å². The van der Waals surface area contributed by atoms with Crippen LogP contribution >= 0.6 is 0 Å². The van der Waals surface area contributed by atoms with Gasteiger partial charge in [-0.1, -0.05) is 78.9 Å². The van der Waals surface area contributed by atoms with Crippen LogP contribution in [0.2, 0.25) is 0 Å². The summed E-state index contributed by atoms with van der Waals surface area (Å²) >= 11 is 0. The van der Waals surface area contributed by atoms with E-state index in [1.54, 1.807) is 24.3 Å². The van der Waals surface area contributed by atoms with Gasteiger partial charge in [0.05, 0.1) is 0 Å². The van der Waals surface area contributed by atoms with E-state index in [0.717, 1.165) is 0 Å². The van der Waals surface area contributed by atoms with Crippen LogP contribution in [0.25, 0.3) is 21.5 Å². The number of hydrogen-bond donors (Lipinski definition) is 1. The number of fused-ring (bicyclic) bond motifs is 3. The lowest BCUT2D eigenvalue weighted by molar-refractivity contribution is 0.475. The molecule has 0 bridgehead atoms. The highest BCUT2D eigenvalue weighted by Gasteiger charge is 1.97. The summed E-state index contributed by atoms with van der Waals surface area (Å²) in [6.45, 7) is 0. The molecule has 0 amide bonds. The molecule has 0 aromatic heterocycles. The summed E-state index contributed by atoms with van der Waals surface area (Å²) in [5, 5.41) is 13.9. The van der Waals surface area contributed by atoms with Gasteiger partial charge in [-0.15, -0.1) is 0 Å². The Morgan fingerprint density at radius 2 is 0.857 bits per heavy atom. The van der Waals surface area contributed by atoms with Crippen LogP contribution in [0.4, 0.5) is 0 Å². The lowest BCUT2D eigenvalue weighted by Gasteiger charge is -2.02. The summed E-state index contributed by atoms with van der Waals surface area (Å²) in [5.41, 5.74) is 0. The molecule has 1 N–H and O–H groups in total. The summed E-state index contributed by atoms with van der Waals surface area (Å²) in [7, 11) is 0. The largest absolute Gasteiger partial charge is 0.508 e. The molecule has 0 saturated heterocycles. The molecule has 4 aromatic rings. The Balaban J connectivity index is 0.000000160. The zero-order chi connectivity index (χ0) is 14.5. The molecule has 21 heavy (non-hydrogen) atoms. The number of rotatable bonds is 0. The van der Waals surface area contributed by atoms with E-state index in [1.165, 1.54) is 21.5 Å². The summed E-state index contributed by atoms with van der Waals surface area (Å²) in [6.07, 6.45) is 0. The molecular formula is C20H16O. The second kappa shape index (κ2) is 6.10. The molecule has 0 heterocycles. The van der Waals surface area contributed by atoms with Crippen molar-refractivity contribution >= 4 is 21.5 Å². The Kier molecular flexibility index (Phi) is 3.83. The average molecular weight is 272 g/mol. The van der Waals surface area contributed by atoms with Gasteiger partial charge in [0.1, 0.15) is 5.75 Å². The van der Waals surface area contributed by atoms with Crippen molar-refractivity contribution in [2.45, 2.75) is 0 Å². The first kappa shape index (κ1) is 13.2. The van der Waals surface area contributed by atoms with Crippen LogP contribution in [0.1, 0.15) is 0 Å². The van der Waals surface area contributed by atoms with Gasteiger partial charge in [0.25, 0.3) is 0 Å². The van der Waals surface area contributed by atoms with Gasteiger partial charge in [0.15, 0.2) is 0 Å². The average Bonchev–Trinajstić information content (AvgIpc) is 2.56. The number of benzene rings is 4. The first-order chi connectivity index (χ1) is 10.3. The minimum absolute atomic E-state index is 0.322. The Morgan fingerprint density at radius 1 is 0.429 bits per heavy atom. The highest BCUT2D eigenvalue weighted by Crippen LogP contribution is 2.24. The Hall–Kier alpha value is -2.80. The normalized spacial score (nSPS) is 10.1. The minimum Gasteiger partial charge on any atom is -0.508 e. The molecule has 0 saturated carbocycles. The standard InChI is InChI=1S/C14H10.C6H6O/c1-3-7-13-11(5-1)9-10-12-6-2-4-8-14(12)13;7-6-4-2-1-3-5-6/h1-10H;1-5,7H. The molecule has 0 aliphatic rings. The molecule has 0 atom stereocenters. The second-order valence-electron chi connectivity index (χ2n) is 4.84. The van der Waals surface area contributed by atoms with E-state index < -0.39 is 0 Å². The summed E-state index contributed by atoms with van der Waals surface area (Å²) in [5.74, 6) is 0.322. The topological polar surface area (TPSA) is 20.2 Å². The maximum absolute atomic E-state index is 8.63. The molecule has 0 spiro atoms. The van der Waals surface area contributed by atoms with Crippen molar-refractivity contribution in [1.29, 1.82) is 0 Å². The predicted octanol–water partition coefficient (Wildman–Crippen LogP) is 5.39. The lowest BCUT2D eigenvalue weighted by atomic mass is 10.0. The summed E-state index contributed by atoms with van der Waals surface area (Å²) < 4.78 is 0. The molecule has 0 fully saturated rings. The zero-order valence-corrected chi connectivity index (χ0v) is 11.6. The number of para-hydroxylation sites is 1. The SMILES string of the molecule is Oc1ccccc1.c1ccc2c(c1)ccc1ccccc12. The number of aromatic hydroxyl groups is 1. The molecule has 1 nitrogen and oxygen atoms in total. The molecular weight excluding hydrogens is 256 g/mol. The molecule has 4 aromatic carbocycles. The fourth-order valence-corrected chi connectivity index (χ4v) is 2.38. The first-order valence-corrected chi connectivity index (χ1v) is 6.95. The van der Waals surface area contributed by atoms with Crippen LogP contribution < -0.4 is 0 Å². The van der Waals surface area contributed by atoms with Crippen LogP contribution in [0.3, 0.4) is 0 Å². The monoisotopic (exact) mass is 272 g/mol. The van der Waals surface area contributed by atoms with Crippen molar-refractivity contribution in [2.24, 2.45) is 0 Å². The molecule has 102 valence electrons. The van der Waals surface area contributed by atoms with E-state index in [-0.39, 0.29) is 0 Å². The first-order valence-electron chi connectivity index (χ1n) is 6.95. The highest BCUT2D eigenvalue weighted by molar-refractivity contribution is 6.07. The molecule has 4 rings (SSSR count). The van der Waals surface area contributed by atoms with Gasteiger partial charge in [-0.3, -0.25) is 0 Å². The molecule has 0 unspecified atom stereocenters. The van der Waals surface area contributed by atoms with Gasteiger partial charge < -0.3 is 5.11 Å². The van der Waals surface area contributed by atoms with E-state index in [2.05, 4.69) is 60.7 Å². The quantitative estimate of drug-likeness (QED) is 0.426. The highest BCUT2D eigenvalue weighted by atomic mass is 16.3. The van der Waals surface area contributed by atoms with Gasteiger partial charge >= 0.3 is 0 Å². The third-order valence-electron chi connectivity index (χ3n) is 3.41. The second-order valence-corrected chi connectivity index (χ2v) is 4.84. The number of phenolic OH excluding ortho intramolecular Hbond substituents is 1. The fourth-order valence-electron chi connectivity index (χ4n) is 2.38. The summed E-state index contributed by atoms with van der Waals surface area (Å²) in [6, 6.07) is 30.1. The maximum Gasteiger partial charge on any atom is 0.115 e. The number of phenols is 1. The van der Waals surface area contributed by atoms with Gasteiger partial charge in [0.2, 0.25) is 0 Å². The molecule has 0 aliphatic carbocycles. The van der Waals surface area contributed by atoms with Crippen molar-refractivity contribution in [2.75, 3.05) is 0 Å². The van der Waals surface area contributed by atoms with Crippen molar-refractivity contribution in [3.8, 4) is 5.75 Å². The van der Waals surface area contributed by atoms with Crippen molar-refractivity contribution < 1.29 is 5.11 Å². The van der Waals surface area contributed by atoms with Crippen molar-refractivity contribution in [1.82, 2.24) is 0 Å². The van der Waals surface area contributed by atoms with E-state index in [9.17, 15) is 0 Å². The maximum atomic E-state index is 8.63. The van der Waals surface area contributed by atoms with Crippen LogP contribution in [-0.2, 0) is 0 Å². The van der Waals surface area contributed by atoms with Crippen LogP contribution in [0, 0.1) is 0 Å². The lowest BCUT2D eigenvalue weighted by Crippen LogP contribution is -1.75. The van der Waals surface area contributed by atoms with E-state index in [1.807, 2.05) is 6.07 Å². The minimum atomic E-state index is 0.322. The van der Waals surface area contributed by atoms with Crippen LogP contribution in [0.5, 0.6) is 5.75 Å². The van der Waals surface area contributed by atoms with Crippen molar-refractivity contribution in [3.63, 3.8) is 0 Å². The van der Waals surface area contributed by atoms with Crippen molar-refractivity contribution in [3.05, 3.63) is 91.0 Å². The Morgan fingerprint density at radius 3 is 1.29 bits per heavy atom. The number of hydrogen-bond acceptors (Lipinski definition) is 1. The third kappa shape index (κ3) is 3.03. The Bertz CT molecular complexity index is 796. The van der Waals surface area contributed by atoms with E-state index in [4.69, 9.17) is 5.11 Å². The Labute approximate surface area is 124 Å². The fraction of sp³-hybridized carbons (Fsp3) is 0. The van der Waals surface area contributed by atoms with Gasteiger partial charge in [-0.2, -0.15) is 0 Å². The molecule has 1 heteroatoms. The third-order valence-corrected chi connectivity index (χ3v) is 3.41. The van der Waals surface area contributed by atoms with E-state index in [0.29, 0.717) is 5.75 Å². The predicted molar refractivity (Wildman–Crippen MR) is 89.6 cm³/mol. The molecule has 0 radical (unpaired) electrons.